The van der Waals surface area contributed by atoms with E-state index in [1.165, 1.54) is 9.21 Å². The molecule has 158 valence electrons. The first-order chi connectivity index (χ1) is 14.4. The Labute approximate surface area is 176 Å². The maximum Gasteiger partial charge on any atom is 0.247 e. The summed E-state index contributed by atoms with van der Waals surface area (Å²) in [5, 5.41) is 0. The second kappa shape index (κ2) is 8.57. The van der Waals surface area contributed by atoms with Crippen molar-refractivity contribution in [2.75, 3.05) is 26.2 Å². The third-order valence-corrected chi connectivity index (χ3v) is 7.42. The summed E-state index contributed by atoms with van der Waals surface area (Å²) in [6.45, 7) is 1.08. The molecule has 30 heavy (non-hydrogen) atoms. The number of hydrogen-bond acceptors (Lipinski definition) is 4. The van der Waals surface area contributed by atoms with Crippen molar-refractivity contribution in [3.8, 4) is 0 Å². The smallest absolute Gasteiger partial charge is 0.247 e. The van der Waals surface area contributed by atoms with Crippen LogP contribution in [0.15, 0.2) is 60.7 Å². The van der Waals surface area contributed by atoms with Crippen molar-refractivity contribution >= 4 is 21.8 Å². The highest BCUT2D eigenvalue weighted by atomic mass is 32.2. The van der Waals surface area contributed by atoms with Crippen molar-refractivity contribution in [1.29, 1.82) is 0 Å². The Balaban J connectivity index is 1.53. The van der Waals surface area contributed by atoms with Crippen LogP contribution in [-0.2, 0) is 31.9 Å². The highest BCUT2D eigenvalue weighted by molar-refractivity contribution is 7.88. The van der Waals surface area contributed by atoms with Gasteiger partial charge >= 0.3 is 0 Å². The normalized spacial score (nSPS) is 20.7. The van der Waals surface area contributed by atoms with E-state index in [1.54, 1.807) is 29.2 Å². The number of carbonyl (C=O) groups is 2. The fourth-order valence-electron chi connectivity index (χ4n) is 4.08. The second-order valence-electron chi connectivity index (χ2n) is 7.74. The summed E-state index contributed by atoms with van der Waals surface area (Å²) in [7, 11) is -3.60. The standard InChI is InChI=1S/C22H25N3O4S/c26-21-16-23(14-18-8-3-1-4-9-18)22(27)20-15-24(12-7-13-25(20)21)30(28,29)17-19-10-5-2-6-11-19/h1-6,8-11,20H,7,12-17H2. The van der Waals surface area contributed by atoms with Crippen LogP contribution in [0.25, 0.3) is 0 Å². The van der Waals surface area contributed by atoms with Crippen molar-refractivity contribution < 1.29 is 18.0 Å². The van der Waals surface area contributed by atoms with Gasteiger partial charge in [-0.25, -0.2) is 8.42 Å². The van der Waals surface area contributed by atoms with Gasteiger partial charge in [-0.05, 0) is 17.5 Å². The van der Waals surface area contributed by atoms with Gasteiger partial charge in [0.1, 0.15) is 12.6 Å². The number of sulfonamides is 1. The summed E-state index contributed by atoms with van der Waals surface area (Å²) in [4.78, 5) is 29.0. The molecule has 2 amide bonds. The van der Waals surface area contributed by atoms with Crippen LogP contribution < -0.4 is 0 Å². The fourth-order valence-corrected chi connectivity index (χ4v) is 5.65. The highest BCUT2D eigenvalue weighted by Crippen LogP contribution is 2.22. The van der Waals surface area contributed by atoms with Crippen LogP contribution >= 0.6 is 0 Å². The third kappa shape index (κ3) is 4.39. The van der Waals surface area contributed by atoms with Gasteiger partial charge in [-0.15, -0.1) is 0 Å². The molecule has 2 aliphatic rings. The molecular formula is C22H25N3O4S. The van der Waals surface area contributed by atoms with E-state index in [0.717, 1.165) is 5.56 Å². The summed E-state index contributed by atoms with van der Waals surface area (Å²) < 4.78 is 27.5. The number of amides is 2. The number of fused-ring (bicyclic) bond motifs is 1. The van der Waals surface area contributed by atoms with E-state index >= 15 is 0 Å². The Bertz CT molecular complexity index is 1010. The molecule has 2 aliphatic heterocycles. The Morgan fingerprint density at radius 3 is 2.17 bits per heavy atom. The van der Waals surface area contributed by atoms with Gasteiger partial charge in [0, 0.05) is 26.2 Å². The Morgan fingerprint density at radius 1 is 0.867 bits per heavy atom. The molecule has 0 N–H and O–H groups in total. The number of rotatable bonds is 5. The lowest BCUT2D eigenvalue weighted by Gasteiger charge is -2.40. The maximum absolute atomic E-state index is 13.2. The van der Waals surface area contributed by atoms with Crippen LogP contribution in [0.4, 0.5) is 0 Å². The number of benzene rings is 2. The predicted octanol–water partition coefficient (Wildman–Crippen LogP) is 1.46. The number of piperazine rings is 1. The van der Waals surface area contributed by atoms with E-state index in [4.69, 9.17) is 0 Å². The quantitative estimate of drug-likeness (QED) is 0.724. The van der Waals surface area contributed by atoms with E-state index in [1.807, 2.05) is 36.4 Å². The van der Waals surface area contributed by atoms with Crippen LogP contribution in [0.1, 0.15) is 17.5 Å². The van der Waals surface area contributed by atoms with Crippen LogP contribution in [0.3, 0.4) is 0 Å². The lowest BCUT2D eigenvalue weighted by Crippen LogP contribution is -2.61. The van der Waals surface area contributed by atoms with Gasteiger partial charge in [-0.2, -0.15) is 4.31 Å². The summed E-state index contributed by atoms with van der Waals surface area (Å²) in [6.07, 6.45) is 0.516. The molecule has 4 rings (SSSR count). The zero-order chi connectivity index (χ0) is 21.1. The zero-order valence-corrected chi connectivity index (χ0v) is 17.5. The van der Waals surface area contributed by atoms with E-state index in [2.05, 4.69) is 0 Å². The average Bonchev–Trinajstić information content (AvgIpc) is 2.97. The Morgan fingerprint density at radius 2 is 1.50 bits per heavy atom. The van der Waals surface area contributed by atoms with Crippen LogP contribution in [-0.4, -0.2) is 66.6 Å². The predicted molar refractivity (Wildman–Crippen MR) is 113 cm³/mol. The molecule has 0 aliphatic carbocycles. The fraction of sp³-hybridized carbons (Fsp3) is 0.364. The molecule has 2 fully saturated rings. The highest BCUT2D eigenvalue weighted by Gasteiger charge is 2.43. The number of carbonyl (C=O) groups excluding carboxylic acids is 2. The Kier molecular flexibility index (Phi) is 5.87. The van der Waals surface area contributed by atoms with E-state index < -0.39 is 16.1 Å². The first kappa shape index (κ1) is 20.6. The van der Waals surface area contributed by atoms with Gasteiger partial charge in [0.25, 0.3) is 0 Å². The monoisotopic (exact) mass is 427 g/mol. The van der Waals surface area contributed by atoms with Crippen molar-refractivity contribution in [1.82, 2.24) is 14.1 Å². The summed E-state index contributed by atoms with van der Waals surface area (Å²) in [5.41, 5.74) is 1.64. The summed E-state index contributed by atoms with van der Waals surface area (Å²) in [5.74, 6) is -0.436. The first-order valence-corrected chi connectivity index (χ1v) is 11.7. The van der Waals surface area contributed by atoms with E-state index in [9.17, 15) is 18.0 Å². The molecule has 7 nitrogen and oxygen atoms in total. The van der Waals surface area contributed by atoms with Crippen molar-refractivity contribution in [2.24, 2.45) is 0 Å². The molecule has 2 aromatic rings. The second-order valence-corrected chi connectivity index (χ2v) is 9.71. The minimum atomic E-state index is -3.60. The molecular weight excluding hydrogens is 402 g/mol. The lowest BCUT2D eigenvalue weighted by molar-refractivity contribution is -0.156. The minimum absolute atomic E-state index is 0.00499. The maximum atomic E-state index is 13.2. The Hall–Kier alpha value is -2.71. The van der Waals surface area contributed by atoms with Crippen molar-refractivity contribution in [3.63, 3.8) is 0 Å². The SMILES string of the molecule is O=C1C2CN(S(=O)(=O)Cc3ccccc3)CCCN2C(=O)CN1Cc1ccccc1. The molecule has 2 aromatic carbocycles. The largest absolute Gasteiger partial charge is 0.328 e. The third-order valence-electron chi connectivity index (χ3n) is 5.60. The lowest BCUT2D eigenvalue weighted by atomic mass is 10.1. The molecule has 0 radical (unpaired) electrons. The van der Waals surface area contributed by atoms with Crippen LogP contribution in [0, 0.1) is 0 Å². The van der Waals surface area contributed by atoms with Crippen LogP contribution in [0.2, 0.25) is 0 Å². The molecule has 2 saturated heterocycles. The van der Waals surface area contributed by atoms with Crippen molar-refractivity contribution in [3.05, 3.63) is 71.8 Å². The molecule has 0 saturated carbocycles. The molecule has 8 heteroatoms. The molecule has 1 unspecified atom stereocenters. The molecule has 1 atom stereocenters. The molecule has 2 heterocycles. The number of hydrogen-bond donors (Lipinski definition) is 0. The van der Waals surface area contributed by atoms with Crippen LogP contribution in [0.5, 0.6) is 0 Å². The zero-order valence-electron chi connectivity index (χ0n) is 16.7. The summed E-state index contributed by atoms with van der Waals surface area (Å²) in [6, 6.07) is 17.7. The summed E-state index contributed by atoms with van der Waals surface area (Å²) >= 11 is 0. The molecule has 0 aromatic heterocycles. The van der Waals surface area contributed by atoms with Gasteiger partial charge in [0.2, 0.25) is 21.8 Å². The van der Waals surface area contributed by atoms with Gasteiger partial charge in [0.15, 0.2) is 0 Å². The molecule has 0 spiro atoms. The minimum Gasteiger partial charge on any atom is -0.328 e. The topological polar surface area (TPSA) is 78.0 Å². The van der Waals surface area contributed by atoms with Gasteiger partial charge in [-0.1, -0.05) is 60.7 Å². The van der Waals surface area contributed by atoms with E-state index in [-0.39, 0.29) is 30.7 Å². The van der Waals surface area contributed by atoms with Crippen molar-refractivity contribution in [2.45, 2.75) is 24.8 Å². The van der Waals surface area contributed by atoms with Gasteiger partial charge in [0.05, 0.1) is 5.75 Å². The van der Waals surface area contributed by atoms with Gasteiger partial charge < -0.3 is 9.80 Å². The van der Waals surface area contributed by atoms with E-state index in [0.29, 0.717) is 31.6 Å². The first-order valence-electron chi connectivity index (χ1n) is 10.1. The van der Waals surface area contributed by atoms with Gasteiger partial charge in [-0.3, -0.25) is 9.59 Å². The number of nitrogens with zero attached hydrogens (tertiary/aromatic N) is 3. The average molecular weight is 428 g/mol. The molecule has 0 bridgehead atoms.